The first-order chi connectivity index (χ1) is 9.52. The number of anilines is 1. The summed E-state index contributed by atoms with van der Waals surface area (Å²) in [4.78, 5) is 15.9. The van der Waals surface area contributed by atoms with Crippen molar-refractivity contribution in [1.29, 1.82) is 0 Å². The summed E-state index contributed by atoms with van der Waals surface area (Å²) in [5.41, 5.74) is 0. The van der Waals surface area contributed by atoms with Gasteiger partial charge in [-0.25, -0.2) is 4.98 Å². The molecule has 0 aliphatic rings. The Hall–Kier alpha value is -1.19. The van der Waals surface area contributed by atoms with Crippen LogP contribution in [0.2, 0.25) is 0 Å². The zero-order valence-electron chi connectivity index (χ0n) is 11.9. The molecule has 21 heavy (non-hydrogen) atoms. The van der Waals surface area contributed by atoms with Crippen LogP contribution in [0.25, 0.3) is 0 Å². The number of nitrogens with one attached hydrogen (secondary N) is 2. The summed E-state index contributed by atoms with van der Waals surface area (Å²) >= 11 is 2.69. The average molecular weight is 349 g/mol. The first-order valence-corrected chi connectivity index (χ1v) is 7.97. The first kappa shape index (κ1) is 17.9. The van der Waals surface area contributed by atoms with E-state index in [0.717, 1.165) is 17.3 Å². The molecule has 2 aromatic rings. The van der Waals surface area contributed by atoms with E-state index in [4.69, 9.17) is 0 Å². The zero-order valence-corrected chi connectivity index (χ0v) is 14.4. The molecule has 2 heterocycles. The molecule has 0 aromatic carbocycles. The van der Waals surface area contributed by atoms with E-state index in [1.807, 2.05) is 6.92 Å². The van der Waals surface area contributed by atoms with Gasteiger partial charge < -0.3 is 0 Å². The lowest BCUT2D eigenvalue weighted by atomic mass is 10.1. The number of amides is 1. The quantitative estimate of drug-likeness (QED) is 0.777. The monoisotopic (exact) mass is 348 g/mol. The number of hydrogen-bond acceptors (Lipinski definition) is 7. The maximum absolute atomic E-state index is 11.8. The van der Waals surface area contributed by atoms with Gasteiger partial charge in [-0.05, 0) is 12.8 Å². The van der Waals surface area contributed by atoms with Crippen molar-refractivity contribution in [2.75, 3.05) is 11.1 Å². The van der Waals surface area contributed by atoms with Gasteiger partial charge in [0.1, 0.15) is 10.8 Å². The number of aromatic nitrogens is 5. The van der Waals surface area contributed by atoms with Gasteiger partial charge >= 0.3 is 0 Å². The molecule has 10 heteroatoms. The molecule has 116 valence electrons. The highest BCUT2D eigenvalue weighted by molar-refractivity contribution is 7.99. The number of H-pyrrole nitrogens is 1. The Bertz CT molecular complexity index is 585. The summed E-state index contributed by atoms with van der Waals surface area (Å²) < 4.78 is 0. The number of halogens is 1. The van der Waals surface area contributed by atoms with Crippen LogP contribution in [0.5, 0.6) is 0 Å². The number of thioether (sulfide) groups is 1. The second kappa shape index (κ2) is 8.30. The van der Waals surface area contributed by atoms with Crippen LogP contribution in [0.3, 0.4) is 0 Å². The highest BCUT2D eigenvalue weighted by Gasteiger charge is 2.11. The number of rotatable bonds is 6. The van der Waals surface area contributed by atoms with Crippen molar-refractivity contribution < 1.29 is 4.79 Å². The van der Waals surface area contributed by atoms with E-state index in [0.29, 0.717) is 16.2 Å². The number of aryl methyl sites for hydroxylation is 1. The third-order valence-electron chi connectivity index (χ3n) is 2.21. The summed E-state index contributed by atoms with van der Waals surface area (Å²) in [5, 5.41) is 19.5. The van der Waals surface area contributed by atoms with E-state index >= 15 is 0 Å². The van der Waals surface area contributed by atoms with Crippen molar-refractivity contribution >= 4 is 46.5 Å². The Morgan fingerprint density at radius 2 is 2.19 bits per heavy atom. The summed E-state index contributed by atoms with van der Waals surface area (Å²) in [6, 6.07) is 0. The summed E-state index contributed by atoms with van der Waals surface area (Å²) in [6.45, 7) is 6.05. The molecule has 1 amide bonds. The van der Waals surface area contributed by atoms with Gasteiger partial charge in [-0.15, -0.1) is 27.7 Å². The molecule has 0 saturated carbocycles. The second-order valence-corrected chi connectivity index (χ2v) is 6.64. The molecule has 0 bridgehead atoms. The summed E-state index contributed by atoms with van der Waals surface area (Å²) in [6.07, 6.45) is 0.874. The lowest BCUT2D eigenvalue weighted by Crippen LogP contribution is -2.13. The molecule has 2 N–H and O–H groups in total. The van der Waals surface area contributed by atoms with Crippen molar-refractivity contribution in [3.05, 3.63) is 10.8 Å². The van der Waals surface area contributed by atoms with Crippen LogP contribution >= 0.6 is 35.5 Å². The SMILES string of the molecule is Cc1nc(SCC(=O)Nc2nnc(CC(C)C)s2)n[nH]1.Cl. The molecule has 0 aliphatic heterocycles. The van der Waals surface area contributed by atoms with Gasteiger partial charge in [-0.3, -0.25) is 15.2 Å². The van der Waals surface area contributed by atoms with Crippen molar-refractivity contribution in [1.82, 2.24) is 25.4 Å². The number of nitrogens with zero attached hydrogens (tertiary/aromatic N) is 4. The fraction of sp³-hybridized carbons (Fsp3) is 0.545. The molecular weight excluding hydrogens is 332 g/mol. The average Bonchev–Trinajstić information content (AvgIpc) is 2.95. The standard InChI is InChI=1S/C11H16N6OS2.ClH/c1-6(2)4-9-15-17-11(20-9)13-8(18)5-19-10-12-7(3)14-16-10;/h6H,4-5H2,1-3H3,(H,12,14,16)(H,13,17,18);1H. The van der Waals surface area contributed by atoms with E-state index in [9.17, 15) is 4.79 Å². The van der Waals surface area contributed by atoms with Crippen molar-refractivity contribution in [3.8, 4) is 0 Å². The Kier molecular flexibility index (Phi) is 7.06. The molecule has 0 aliphatic carbocycles. The fourth-order valence-corrected chi connectivity index (χ4v) is 3.02. The second-order valence-electron chi connectivity index (χ2n) is 4.64. The van der Waals surface area contributed by atoms with Crippen LogP contribution in [0, 0.1) is 12.8 Å². The minimum absolute atomic E-state index is 0. The van der Waals surface area contributed by atoms with Crippen LogP contribution in [-0.2, 0) is 11.2 Å². The van der Waals surface area contributed by atoms with Gasteiger partial charge in [-0.2, -0.15) is 0 Å². The summed E-state index contributed by atoms with van der Waals surface area (Å²) in [5.74, 6) is 1.37. The fourth-order valence-electron chi connectivity index (χ4n) is 1.41. The predicted molar refractivity (Wildman–Crippen MR) is 86.2 cm³/mol. The van der Waals surface area contributed by atoms with Crippen LogP contribution in [0.15, 0.2) is 5.16 Å². The third-order valence-corrected chi connectivity index (χ3v) is 3.91. The molecule has 0 saturated heterocycles. The molecule has 7 nitrogen and oxygen atoms in total. The van der Waals surface area contributed by atoms with Gasteiger partial charge in [0.25, 0.3) is 0 Å². The minimum atomic E-state index is -0.135. The number of carbonyl (C=O) groups is 1. The molecule has 2 rings (SSSR count). The Labute approximate surface area is 137 Å². The Morgan fingerprint density at radius 3 is 2.81 bits per heavy atom. The predicted octanol–water partition coefficient (Wildman–Crippen LogP) is 2.32. The topological polar surface area (TPSA) is 96.5 Å². The molecular formula is C11H17ClN6OS2. The van der Waals surface area contributed by atoms with Crippen molar-refractivity contribution in [2.24, 2.45) is 5.92 Å². The van der Waals surface area contributed by atoms with E-state index in [-0.39, 0.29) is 24.1 Å². The number of aromatic amines is 1. The molecule has 0 spiro atoms. The van der Waals surface area contributed by atoms with Crippen molar-refractivity contribution in [2.45, 2.75) is 32.3 Å². The highest BCUT2D eigenvalue weighted by atomic mass is 35.5. The molecule has 0 fully saturated rings. The molecule has 0 radical (unpaired) electrons. The molecule has 0 atom stereocenters. The maximum atomic E-state index is 11.8. The molecule has 2 aromatic heterocycles. The van der Waals surface area contributed by atoms with Crippen molar-refractivity contribution in [3.63, 3.8) is 0 Å². The van der Waals surface area contributed by atoms with Gasteiger partial charge in [0, 0.05) is 6.42 Å². The van der Waals surface area contributed by atoms with E-state index in [1.54, 1.807) is 0 Å². The van der Waals surface area contributed by atoms with Gasteiger partial charge in [-0.1, -0.05) is 36.9 Å². The van der Waals surface area contributed by atoms with E-state index in [1.165, 1.54) is 23.1 Å². The van der Waals surface area contributed by atoms with E-state index in [2.05, 4.69) is 44.5 Å². The minimum Gasteiger partial charge on any atom is -0.300 e. The smallest absolute Gasteiger partial charge is 0.236 e. The van der Waals surface area contributed by atoms with E-state index < -0.39 is 0 Å². The molecule has 0 unspecified atom stereocenters. The summed E-state index contributed by atoms with van der Waals surface area (Å²) in [7, 11) is 0. The number of carbonyl (C=O) groups excluding carboxylic acids is 1. The van der Waals surface area contributed by atoms with Gasteiger partial charge in [0.15, 0.2) is 0 Å². The van der Waals surface area contributed by atoms with Crippen LogP contribution < -0.4 is 5.32 Å². The Balaban J connectivity index is 0.00000220. The number of hydrogen-bond donors (Lipinski definition) is 2. The highest BCUT2D eigenvalue weighted by Crippen LogP contribution is 2.19. The first-order valence-electron chi connectivity index (χ1n) is 6.17. The largest absolute Gasteiger partial charge is 0.300 e. The zero-order chi connectivity index (χ0) is 14.5. The lowest BCUT2D eigenvalue weighted by molar-refractivity contribution is -0.113. The van der Waals surface area contributed by atoms with Crippen LogP contribution in [0.1, 0.15) is 24.7 Å². The van der Waals surface area contributed by atoms with Crippen LogP contribution in [0.4, 0.5) is 5.13 Å². The van der Waals surface area contributed by atoms with Gasteiger partial charge in [0.05, 0.1) is 5.75 Å². The lowest BCUT2D eigenvalue weighted by Gasteiger charge is -1.99. The van der Waals surface area contributed by atoms with Gasteiger partial charge in [0.2, 0.25) is 16.2 Å². The normalized spacial score (nSPS) is 10.5. The Morgan fingerprint density at radius 1 is 1.43 bits per heavy atom. The maximum Gasteiger partial charge on any atom is 0.236 e. The van der Waals surface area contributed by atoms with Crippen LogP contribution in [-0.4, -0.2) is 37.0 Å². The third kappa shape index (κ3) is 5.98.